The van der Waals surface area contributed by atoms with Crippen molar-refractivity contribution in [3.63, 3.8) is 0 Å². The Hall–Kier alpha value is -0.940. The molecule has 1 amide bonds. The third-order valence-corrected chi connectivity index (χ3v) is 2.90. The van der Waals surface area contributed by atoms with Crippen LogP contribution >= 0.6 is 15.9 Å². The van der Waals surface area contributed by atoms with E-state index in [1.165, 1.54) is 12.1 Å². The largest absolute Gasteiger partial charge is 0.370 e. The first-order chi connectivity index (χ1) is 7.49. The summed E-state index contributed by atoms with van der Waals surface area (Å²) in [6.45, 7) is 2.44. The van der Waals surface area contributed by atoms with E-state index >= 15 is 0 Å². The first kappa shape index (κ1) is 13.1. The monoisotopic (exact) mass is 288 g/mol. The number of benzene rings is 1. The quantitative estimate of drug-likeness (QED) is 0.870. The number of hydrogen-bond donors (Lipinski definition) is 2. The molecule has 0 saturated heterocycles. The maximum absolute atomic E-state index is 12.8. The van der Waals surface area contributed by atoms with Gasteiger partial charge in [-0.3, -0.25) is 4.79 Å². The number of primary amides is 1. The van der Waals surface area contributed by atoms with Crippen molar-refractivity contribution in [2.45, 2.75) is 25.9 Å². The summed E-state index contributed by atoms with van der Waals surface area (Å²) in [7, 11) is 0. The Bertz CT molecular complexity index is 384. The van der Waals surface area contributed by atoms with Crippen LogP contribution < -0.4 is 11.1 Å². The zero-order valence-corrected chi connectivity index (χ0v) is 10.6. The van der Waals surface area contributed by atoms with Gasteiger partial charge in [0.1, 0.15) is 5.82 Å². The van der Waals surface area contributed by atoms with Crippen molar-refractivity contribution in [2.75, 3.05) is 0 Å². The van der Waals surface area contributed by atoms with Crippen molar-refractivity contribution >= 4 is 21.8 Å². The average molecular weight is 289 g/mol. The summed E-state index contributed by atoms with van der Waals surface area (Å²) >= 11 is 3.28. The Morgan fingerprint density at radius 3 is 2.88 bits per heavy atom. The zero-order valence-electron chi connectivity index (χ0n) is 8.97. The standard InChI is InChI=1S/C11H14BrFN2O/c1-7(4-11(14)16)15-6-8-2-3-9(13)5-10(8)12/h2-3,5,7,15H,4,6H2,1H3,(H2,14,16). The lowest BCUT2D eigenvalue weighted by atomic mass is 10.2. The first-order valence-corrected chi connectivity index (χ1v) is 5.74. The molecule has 0 spiro atoms. The molecule has 5 heteroatoms. The fourth-order valence-corrected chi connectivity index (χ4v) is 1.81. The minimum atomic E-state index is -0.335. The summed E-state index contributed by atoms with van der Waals surface area (Å²) in [6, 6.07) is 4.52. The molecule has 3 N–H and O–H groups in total. The second-order valence-electron chi connectivity index (χ2n) is 3.69. The summed E-state index contributed by atoms with van der Waals surface area (Å²) in [6.07, 6.45) is 0.290. The highest BCUT2D eigenvalue weighted by Gasteiger charge is 2.07. The van der Waals surface area contributed by atoms with Gasteiger partial charge >= 0.3 is 0 Å². The molecule has 0 heterocycles. The van der Waals surface area contributed by atoms with E-state index in [1.54, 1.807) is 6.07 Å². The molecule has 1 aromatic carbocycles. The predicted octanol–water partition coefficient (Wildman–Crippen LogP) is 1.94. The molecule has 1 atom stereocenters. The highest BCUT2D eigenvalue weighted by Crippen LogP contribution is 2.17. The number of hydrogen-bond acceptors (Lipinski definition) is 2. The van der Waals surface area contributed by atoms with Crippen LogP contribution in [0.1, 0.15) is 18.9 Å². The summed E-state index contributed by atoms with van der Waals surface area (Å²) in [4.78, 5) is 10.7. The predicted molar refractivity (Wildman–Crippen MR) is 64.2 cm³/mol. The van der Waals surface area contributed by atoms with Crippen LogP contribution in [0.4, 0.5) is 4.39 Å². The van der Waals surface area contributed by atoms with E-state index in [9.17, 15) is 9.18 Å². The fraction of sp³-hybridized carbons (Fsp3) is 0.364. The lowest BCUT2D eigenvalue weighted by Gasteiger charge is -2.12. The third-order valence-electron chi connectivity index (χ3n) is 2.16. The van der Waals surface area contributed by atoms with Gasteiger partial charge in [0.05, 0.1) is 0 Å². The lowest BCUT2D eigenvalue weighted by molar-refractivity contribution is -0.118. The van der Waals surface area contributed by atoms with Gasteiger partial charge in [-0.25, -0.2) is 4.39 Å². The number of nitrogens with one attached hydrogen (secondary N) is 1. The maximum Gasteiger partial charge on any atom is 0.218 e. The van der Waals surface area contributed by atoms with Crippen LogP contribution in [0.15, 0.2) is 22.7 Å². The smallest absolute Gasteiger partial charge is 0.218 e. The van der Waals surface area contributed by atoms with Crippen LogP contribution in [0.2, 0.25) is 0 Å². The third kappa shape index (κ3) is 4.28. The van der Waals surface area contributed by atoms with Gasteiger partial charge < -0.3 is 11.1 Å². The average Bonchev–Trinajstić information content (AvgIpc) is 2.15. The molecule has 16 heavy (non-hydrogen) atoms. The molecule has 88 valence electrons. The number of nitrogens with two attached hydrogens (primary N) is 1. The maximum atomic E-state index is 12.8. The lowest BCUT2D eigenvalue weighted by Crippen LogP contribution is -2.30. The van der Waals surface area contributed by atoms with Crippen molar-refractivity contribution in [2.24, 2.45) is 5.73 Å². The molecule has 0 fully saturated rings. The number of halogens is 2. The van der Waals surface area contributed by atoms with E-state index in [2.05, 4.69) is 21.2 Å². The molecule has 0 aliphatic heterocycles. The summed E-state index contributed by atoms with van der Waals surface area (Å²) < 4.78 is 13.5. The van der Waals surface area contributed by atoms with E-state index < -0.39 is 0 Å². The van der Waals surface area contributed by atoms with Gasteiger partial charge in [0.25, 0.3) is 0 Å². The minimum Gasteiger partial charge on any atom is -0.370 e. The van der Waals surface area contributed by atoms with E-state index in [0.29, 0.717) is 17.4 Å². The minimum absolute atomic E-state index is 0.00875. The van der Waals surface area contributed by atoms with Gasteiger partial charge in [-0.05, 0) is 24.6 Å². The summed E-state index contributed by atoms with van der Waals surface area (Å²) in [5.74, 6) is -0.612. The normalized spacial score (nSPS) is 12.4. The van der Waals surface area contributed by atoms with Gasteiger partial charge in [-0.2, -0.15) is 0 Å². The van der Waals surface area contributed by atoms with Crippen LogP contribution in [0.25, 0.3) is 0 Å². The molecule has 0 radical (unpaired) electrons. The second kappa shape index (κ2) is 5.96. The molecule has 3 nitrogen and oxygen atoms in total. The zero-order chi connectivity index (χ0) is 12.1. The van der Waals surface area contributed by atoms with Crippen LogP contribution in [0, 0.1) is 5.82 Å². The van der Waals surface area contributed by atoms with E-state index in [1.807, 2.05) is 6.92 Å². The Morgan fingerprint density at radius 2 is 2.31 bits per heavy atom. The van der Waals surface area contributed by atoms with Gasteiger partial charge in [-0.15, -0.1) is 0 Å². The molecule has 0 aromatic heterocycles. The van der Waals surface area contributed by atoms with Gasteiger partial charge in [0.2, 0.25) is 5.91 Å². The van der Waals surface area contributed by atoms with Crippen LogP contribution in [0.3, 0.4) is 0 Å². The van der Waals surface area contributed by atoms with Gasteiger partial charge in [-0.1, -0.05) is 22.0 Å². The molecule has 1 unspecified atom stereocenters. The van der Waals surface area contributed by atoms with Crippen LogP contribution in [-0.2, 0) is 11.3 Å². The number of carbonyl (C=O) groups is 1. The second-order valence-corrected chi connectivity index (χ2v) is 4.54. The number of rotatable bonds is 5. The van der Waals surface area contributed by atoms with E-state index in [4.69, 9.17) is 5.73 Å². The number of carbonyl (C=O) groups excluding carboxylic acids is 1. The SMILES string of the molecule is CC(CC(N)=O)NCc1ccc(F)cc1Br. The molecule has 0 bridgehead atoms. The van der Waals surface area contributed by atoms with Crippen LogP contribution in [-0.4, -0.2) is 11.9 Å². The van der Waals surface area contributed by atoms with Crippen molar-refractivity contribution in [3.8, 4) is 0 Å². The first-order valence-electron chi connectivity index (χ1n) is 4.94. The summed E-state index contributed by atoms with van der Waals surface area (Å²) in [5, 5.41) is 3.14. The Morgan fingerprint density at radius 1 is 1.62 bits per heavy atom. The molecule has 1 aromatic rings. The van der Waals surface area contributed by atoms with Crippen molar-refractivity contribution in [1.29, 1.82) is 0 Å². The highest BCUT2D eigenvalue weighted by atomic mass is 79.9. The summed E-state index contributed by atoms with van der Waals surface area (Å²) in [5.41, 5.74) is 6.02. The highest BCUT2D eigenvalue weighted by molar-refractivity contribution is 9.10. The number of amides is 1. The Balaban J connectivity index is 2.51. The van der Waals surface area contributed by atoms with Crippen molar-refractivity contribution in [1.82, 2.24) is 5.32 Å². The fourth-order valence-electron chi connectivity index (χ4n) is 1.32. The van der Waals surface area contributed by atoms with E-state index in [0.717, 1.165) is 5.56 Å². The molecular formula is C11H14BrFN2O. The molecule has 0 aliphatic rings. The molecule has 1 rings (SSSR count). The van der Waals surface area contributed by atoms with Gasteiger partial charge in [0, 0.05) is 23.5 Å². The van der Waals surface area contributed by atoms with E-state index in [-0.39, 0.29) is 17.8 Å². The van der Waals surface area contributed by atoms with Crippen LogP contribution in [0.5, 0.6) is 0 Å². The molecule has 0 saturated carbocycles. The molecular weight excluding hydrogens is 275 g/mol. The van der Waals surface area contributed by atoms with Crippen molar-refractivity contribution < 1.29 is 9.18 Å². The molecule has 0 aliphatic carbocycles. The van der Waals surface area contributed by atoms with Gasteiger partial charge in [0.15, 0.2) is 0 Å². The van der Waals surface area contributed by atoms with Crippen molar-refractivity contribution in [3.05, 3.63) is 34.1 Å². The Labute approximate surface area is 102 Å². The topological polar surface area (TPSA) is 55.1 Å². The Kier molecular flexibility index (Phi) is 4.89.